The quantitative estimate of drug-likeness (QED) is 0.695. The molecule has 0 saturated carbocycles. The first-order valence-electron chi connectivity index (χ1n) is 3.48. The summed E-state index contributed by atoms with van der Waals surface area (Å²) in [6.07, 6.45) is 0. The van der Waals surface area contributed by atoms with E-state index in [-0.39, 0.29) is 11.5 Å². The average Bonchev–Trinajstić information content (AvgIpc) is 2.46. The number of furan rings is 1. The fourth-order valence-electron chi connectivity index (χ4n) is 0.896. The van der Waals surface area contributed by atoms with Crippen molar-refractivity contribution in [2.45, 2.75) is 6.92 Å². The molecule has 0 amide bonds. The fourth-order valence-corrected chi connectivity index (χ4v) is 0.896. The van der Waals surface area contributed by atoms with E-state index in [1.54, 1.807) is 6.92 Å². The fraction of sp³-hybridized carbons (Fsp3) is 0.250. The summed E-state index contributed by atoms with van der Waals surface area (Å²) in [5, 5.41) is 8.59. The van der Waals surface area contributed by atoms with Gasteiger partial charge < -0.3 is 14.3 Å². The van der Waals surface area contributed by atoms with Gasteiger partial charge in [-0.1, -0.05) is 0 Å². The number of aromatic carboxylic acids is 1. The van der Waals surface area contributed by atoms with Crippen LogP contribution in [-0.2, 0) is 4.74 Å². The summed E-state index contributed by atoms with van der Waals surface area (Å²) in [5.74, 6) is -2.22. The highest BCUT2D eigenvalue weighted by Crippen LogP contribution is 2.14. The Labute approximate surface area is 73.9 Å². The maximum atomic E-state index is 10.9. The highest BCUT2D eigenvalue weighted by molar-refractivity contribution is 5.91. The number of methoxy groups -OCH3 is 1. The molecule has 0 aromatic carbocycles. The van der Waals surface area contributed by atoms with Crippen LogP contribution in [0.2, 0.25) is 0 Å². The van der Waals surface area contributed by atoms with Crippen molar-refractivity contribution in [3.8, 4) is 0 Å². The van der Waals surface area contributed by atoms with Gasteiger partial charge in [0.05, 0.1) is 7.11 Å². The van der Waals surface area contributed by atoms with Crippen LogP contribution in [0.5, 0.6) is 0 Å². The molecule has 0 radical (unpaired) electrons. The highest BCUT2D eigenvalue weighted by Gasteiger charge is 2.18. The first-order valence-corrected chi connectivity index (χ1v) is 3.48. The Hall–Kier alpha value is -1.78. The van der Waals surface area contributed by atoms with Crippen LogP contribution >= 0.6 is 0 Å². The van der Waals surface area contributed by atoms with Crippen molar-refractivity contribution in [2.24, 2.45) is 0 Å². The lowest BCUT2D eigenvalue weighted by Gasteiger charge is -1.91. The van der Waals surface area contributed by atoms with Gasteiger partial charge in [0, 0.05) is 5.56 Å². The molecule has 13 heavy (non-hydrogen) atoms. The topological polar surface area (TPSA) is 76.7 Å². The van der Waals surface area contributed by atoms with Gasteiger partial charge in [-0.05, 0) is 13.0 Å². The van der Waals surface area contributed by atoms with E-state index in [4.69, 9.17) is 9.52 Å². The predicted octanol–water partition coefficient (Wildman–Crippen LogP) is 1.07. The summed E-state index contributed by atoms with van der Waals surface area (Å²) in [6.45, 7) is 1.54. The van der Waals surface area contributed by atoms with Crippen LogP contribution in [0.3, 0.4) is 0 Å². The van der Waals surface area contributed by atoms with Gasteiger partial charge in [-0.3, -0.25) is 0 Å². The molecule has 1 aromatic heterocycles. The Balaban J connectivity index is 3.09. The Morgan fingerprint density at radius 3 is 2.54 bits per heavy atom. The van der Waals surface area contributed by atoms with E-state index in [9.17, 15) is 9.59 Å². The van der Waals surface area contributed by atoms with Gasteiger partial charge in [-0.2, -0.15) is 0 Å². The number of carboxylic acid groups (broad SMARTS) is 1. The zero-order chi connectivity index (χ0) is 10.0. The van der Waals surface area contributed by atoms with E-state index >= 15 is 0 Å². The average molecular weight is 184 g/mol. The molecule has 0 spiro atoms. The molecule has 1 heterocycles. The number of aryl methyl sites for hydroxylation is 1. The van der Waals surface area contributed by atoms with Crippen LogP contribution in [0.4, 0.5) is 0 Å². The number of carboxylic acids is 1. The molecule has 0 saturated heterocycles. The molecule has 0 aliphatic carbocycles. The van der Waals surface area contributed by atoms with E-state index in [0.29, 0.717) is 5.56 Å². The molecule has 5 heteroatoms. The zero-order valence-corrected chi connectivity index (χ0v) is 7.16. The number of hydrogen-bond donors (Lipinski definition) is 1. The minimum Gasteiger partial charge on any atom is -0.475 e. The summed E-state index contributed by atoms with van der Waals surface area (Å²) in [5.41, 5.74) is 0.396. The summed E-state index contributed by atoms with van der Waals surface area (Å²) in [7, 11) is 1.20. The molecule has 1 N–H and O–H groups in total. The van der Waals surface area contributed by atoms with Crippen LogP contribution in [0.15, 0.2) is 10.5 Å². The van der Waals surface area contributed by atoms with E-state index in [2.05, 4.69) is 4.74 Å². The number of hydrogen-bond acceptors (Lipinski definition) is 4. The second-order valence-electron chi connectivity index (χ2n) is 2.42. The van der Waals surface area contributed by atoms with E-state index in [1.807, 2.05) is 0 Å². The second kappa shape index (κ2) is 3.30. The summed E-state index contributed by atoms with van der Waals surface area (Å²) in [4.78, 5) is 21.4. The molecule has 5 nitrogen and oxygen atoms in total. The van der Waals surface area contributed by atoms with Crippen molar-refractivity contribution in [3.63, 3.8) is 0 Å². The van der Waals surface area contributed by atoms with E-state index < -0.39 is 11.9 Å². The molecule has 0 atom stereocenters. The number of rotatable bonds is 2. The highest BCUT2D eigenvalue weighted by atomic mass is 16.5. The van der Waals surface area contributed by atoms with Gasteiger partial charge in [-0.15, -0.1) is 0 Å². The van der Waals surface area contributed by atoms with Crippen LogP contribution in [0.25, 0.3) is 0 Å². The third-order valence-electron chi connectivity index (χ3n) is 1.50. The summed E-state index contributed by atoms with van der Waals surface area (Å²) < 4.78 is 9.11. The van der Waals surface area contributed by atoms with Gasteiger partial charge in [0.2, 0.25) is 11.5 Å². The molecular weight excluding hydrogens is 176 g/mol. The normalized spacial score (nSPS) is 9.69. The van der Waals surface area contributed by atoms with Crippen molar-refractivity contribution in [1.29, 1.82) is 0 Å². The molecule has 1 rings (SSSR count). The van der Waals surface area contributed by atoms with Gasteiger partial charge in [0.25, 0.3) is 0 Å². The molecule has 0 aliphatic heterocycles. The van der Waals surface area contributed by atoms with Crippen molar-refractivity contribution in [1.82, 2.24) is 0 Å². The maximum absolute atomic E-state index is 10.9. The molecule has 0 unspecified atom stereocenters. The second-order valence-corrected chi connectivity index (χ2v) is 2.42. The van der Waals surface area contributed by atoms with Crippen LogP contribution in [-0.4, -0.2) is 24.2 Å². The predicted molar refractivity (Wildman–Crippen MR) is 41.7 cm³/mol. The van der Waals surface area contributed by atoms with Gasteiger partial charge in [0.1, 0.15) is 0 Å². The van der Waals surface area contributed by atoms with Gasteiger partial charge in [0.15, 0.2) is 0 Å². The van der Waals surface area contributed by atoms with Crippen molar-refractivity contribution < 1.29 is 23.8 Å². The molecule has 70 valence electrons. The lowest BCUT2D eigenvalue weighted by atomic mass is 10.2. The third kappa shape index (κ3) is 1.69. The van der Waals surface area contributed by atoms with Crippen molar-refractivity contribution in [2.75, 3.05) is 7.11 Å². The van der Waals surface area contributed by atoms with Crippen LogP contribution < -0.4 is 0 Å². The Morgan fingerprint density at radius 1 is 1.54 bits per heavy atom. The van der Waals surface area contributed by atoms with Gasteiger partial charge >= 0.3 is 11.9 Å². The number of ether oxygens (including phenoxy) is 1. The molecule has 0 aliphatic rings. The monoisotopic (exact) mass is 184 g/mol. The number of esters is 1. The SMILES string of the molecule is COC(=O)c1cc(C)c(C(=O)O)o1. The summed E-state index contributed by atoms with van der Waals surface area (Å²) >= 11 is 0. The Bertz CT molecular complexity index is 349. The molecule has 1 aromatic rings. The van der Waals surface area contributed by atoms with Crippen LogP contribution in [0.1, 0.15) is 26.7 Å². The first-order chi connectivity index (χ1) is 6.06. The van der Waals surface area contributed by atoms with Crippen LogP contribution in [0, 0.1) is 6.92 Å². The lowest BCUT2D eigenvalue weighted by molar-refractivity contribution is 0.0555. The molecule has 0 fully saturated rings. The smallest absolute Gasteiger partial charge is 0.373 e. The lowest BCUT2D eigenvalue weighted by Crippen LogP contribution is -1.99. The Morgan fingerprint density at radius 2 is 2.15 bits per heavy atom. The zero-order valence-electron chi connectivity index (χ0n) is 7.16. The number of carbonyl (C=O) groups is 2. The van der Waals surface area contributed by atoms with Crippen molar-refractivity contribution in [3.05, 3.63) is 23.2 Å². The number of carbonyl (C=O) groups excluding carboxylic acids is 1. The van der Waals surface area contributed by atoms with Gasteiger partial charge in [-0.25, -0.2) is 9.59 Å². The minimum atomic E-state index is -1.20. The molecule has 0 bridgehead atoms. The standard InChI is InChI=1S/C8H8O5/c1-4-3-5(8(11)12-2)13-6(4)7(9)10/h3H,1-2H3,(H,9,10). The first kappa shape index (κ1) is 9.31. The third-order valence-corrected chi connectivity index (χ3v) is 1.50. The van der Waals surface area contributed by atoms with Crippen molar-refractivity contribution >= 4 is 11.9 Å². The van der Waals surface area contributed by atoms with E-state index in [0.717, 1.165) is 0 Å². The minimum absolute atomic E-state index is 0.0996. The van der Waals surface area contributed by atoms with E-state index in [1.165, 1.54) is 13.2 Å². The molecular formula is C8H8O5. The summed E-state index contributed by atoms with van der Waals surface area (Å²) in [6, 6.07) is 1.33. The largest absolute Gasteiger partial charge is 0.475 e. The Kier molecular flexibility index (Phi) is 2.36. The maximum Gasteiger partial charge on any atom is 0.373 e.